The summed E-state index contributed by atoms with van der Waals surface area (Å²) in [6, 6.07) is 5.95. The molecule has 0 N–H and O–H groups in total. The quantitative estimate of drug-likeness (QED) is 0.590. The van der Waals surface area contributed by atoms with Crippen molar-refractivity contribution in [2.24, 2.45) is 0 Å². The van der Waals surface area contributed by atoms with E-state index in [4.69, 9.17) is 0 Å². The van der Waals surface area contributed by atoms with E-state index in [9.17, 15) is 18.5 Å². The first-order valence-corrected chi connectivity index (χ1v) is 6.53. The molecular formula is C10H13N2O4S. The van der Waals surface area contributed by atoms with Gasteiger partial charge in [0.25, 0.3) is 5.69 Å². The molecule has 0 unspecified atom stereocenters. The van der Waals surface area contributed by atoms with Crippen molar-refractivity contribution >= 4 is 15.7 Å². The lowest BCUT2D eigenvalue weighted by Crippen LogP contribution is -2.30. The summed E-state index contributed by atoms with van der Waals surface area (Å²) < 4.78 is 25.4. The highest BCUT2D eigenvalue weighted by Gasteiger charge is 2.23. The topological polar surface area (TPSA) is 80.5 Å². The van der Waals surface area contributed by atoms with Crippen molar-refractivity contribution in [2.45, 2.75) is 18.7 Å². The number of non-ortho nitro benzene ring substituents is 1. The van der Waals surface area contributed by atoms with Gasteiger partial charge in [-0.3, -0.25) is 10.1 Å². The van der Waals surface area contributed by atoms with Gasteiger partial charge < -0.3 is 0 Å². The van der Waals surface area contributed by atoms with Gasteiger partial charge in [0.1, 0.15) is 0 Å². The van der Waals surface area contributed by atoms with E-state index in [2.05, 4.69) is 6.07 Å². The Labute approximate surface area is 100 Å². The number of nitro benzene ring substituents is 1. The second-order valence-electron chi connectivity index (χ2n) is 3.26. The molecule has 6 nitrogen and oxygen atoms in total. The molecule has 0 fully saturated rings. The third kappa shape index (κ3) is 2.80. The van der Waals surface area contributed by atoms with Gasteiger partial charge in [-0.05, 0) is 12.1 Å². The van der Waals surface area contributed by atoms with Crippen LogP contribution in [-0.2, 0) is 10.0 Å². The summed E-state index contributed by atoms with van der Waals surface area (Å²) >= 11 is 0. The fraction of sp³-hybridized carbons (Fsp3) is 0.400. The predicted molar refractivity (Wildman–Crippen MR) is 62.0 cm³/mol. The molecule has 0 spiro atoms. The molecule has 1 radical (unpaired) electrons. The van der Waals surface area contributed by atoms with E-state index < -0.39 is 14.9 Å². The number of rotatable bonds is 5. The fourth-order valence-electron chi connectivity index (χ4n) is 1.41. The van der Waals surface area contributed by atoms with E-state index in [1.54, 1.807) is 13.8 Å². The van der Waals surface area contributed by atoms with Crippen molar-refractivity contribution in [3.8, 4) is 0 Å². The van der Waals surface area contributed by atoms with Crippen LogP contribution in [0.15, 0.2) is 23.1 Å². The maximum Gasteiger partial charge on any atom is 0.278 e. The van der Waals surface area contributed by atoms with Gasteiger partial charge in [0, 0.05) is 19.2 Å². The molecule has 0 amide bonds. The summed E-state index contributed by atoms with van der Waals surface area (Å²) in [5.41, 5.74) is -0.349. The molecule has 93 valence electrons. The molecule has 0 aliphatic carbocycles. The summed E-state index contributed by atoms with van der Waals surface area (Å²) in [4.78, 5) is 9.81. The van der Waals surface area contributed by atoms with Gasteiger partial charge in [-0.25, -0.2) is 8.42 Å². The molecule has 0 aliphatic rings. The van der Waals surface area contributed by atoms with E-state index in [0.29, 0.717) is 13.1 Å². The number of sulfonamides is 1. The van der Waals surface area contributed by atoms with Crippen molar-refractivity contribution < 1.29 is 13.3 Å². The molecule has 0 saturated heterocycles. The number of hydrogen-bond donors (Lipinski definition) is 0. The summed E-state index contributed by atoms with van der Waals surface area (Å²) in [6.07, 6.45) is 0. The van der Waals surface area contributed by atoms with E-state index >= 15 is 0 Å². The van der Waals surface area contributed by atoms with Gasteiger partial charge in [0.2, 0.25) is 10.0 Å². The first kappa shape index (κ1) is 13.6. The van der Waals surface area contributed by atoms with Crippen molar-refractivity contribution in [1.82, 2.24) is 4.31 Å². The highest BCUT2D eigenvalue weighted by molar-refractivity contribution is 7.89. The minimum atomic E-state index is -3.65. The zero-order valence-electron chi connectivity index (χ0n) is 9.58. The second kappa shape index (κ2) is 5.24. The van der Waals surface area contributed by atoms with Crippen LogP contribution in [0.4, 0.5) is 5.69 Å². The summed E-state index contributed by atoms with van der Waals surface area (Å²) in [6.45, 7) is 4.07. The third-order valence-electron chi connectivity index (χ3n) is 2.30. The van der Waals surface area contributed by atoms with Gasteiger partial charge in [-0.2, -0.15) is 4.31 Å². The SMILES string of the molecule is CCN(CC)S(=O)(=O)c1cc[c]c([N+](=O)[O-])c1. The molecule has 0 aromatic heterocycles. The molecular weight excluding hydrogens is 244 g/mol. The first-order valence-electron chi connectivity index (χ1n) is 5.09. The lowest BCUT2D eigenvalue weighted by Gasteiger charge is -2.17. The van der Waals surface area contributed by atoms with Crippen molar-refractivity contribution in [1.29, 1.82) is 0 Å². The summed E-state index contributed by atoms with van der Waals surface area (Å²) in [5, 5.41) is 10.6. The average Bonchev–Trinajstić information content (AvgIpc) is 2.30. The van der Waals surface area contributed by atoms with Gasteiger partial charge >= 0.3 is 0 Å². The van der Waals surface area contributed by atoms with Gasteiger partial charge in [-0.1, -0.05) is 13.8 Å². The molecule has 1 aromatic carbocycles. The van der Waals surface area contributed by atoms with E-state index in [-0.39, 0.29) is 10.6 Å². The number of nitro groups is 1. The highest BCUT2D eigenvalue weighted by atomic mass is 32.2. The minimum Gasteiger partial charge on any atom is -0.258 e. The molecule has 0 atom stereocenters. The molecule has 0 bridgehead atoms. The van der Waals surface area contributed by atoms with Gasteiger partial charge in [0.05, 0.1) is 15.9 Å². The zero-order chi connectivity index (χ0) is 13.1. The summed E-state index contributed by atoms with van der Waals surface area (Å²) in [5.74, 6) is 0. The highest BCUT2D eigenvalue weighted by Crippen LogP contribution is 2.20. The Kier molecular flexibility index (Phi) is 4.19. The Morgan fingerprint density at radius 3 is 2.47 bits per heavy atom. The maximum atomic E-state index is 12.1. The maximum absolute atomic E-state index is 12.1. The molecule has 1 rings (SSSR count). The van der Waals surface area contributed by atoms with Crippen LogP contribution >= 0.6 is 0 Å². The number of nitrogens with zero attached hydrogens (tertiary/aromatic N) is 2. The normalized spacial score (nSPS) is 11.7. The van der Waals surface area contributed by atoms with Crippen LogP contribution in [0, 0.1) is 16.2 Å². The Morgan fingerprint density at radius 2 is 2.00 bits per heavy atom. The fourth-order valence-corrected chi connectivity index (χ4v) is 2.89. The van der Waals surface area contributed by atoms with Gasteiger partial charge in [-0.15, -0.1) is 0 Å². The summed E-state index contributed by atoms with van der Waals surface area (Å²) in [7, 11) is -3.65. The van der Waals surface area contributed by atoms with Crippen molar-refractivity contribution in [3.63, 3.8) is 0 Å². The van der Waals surface area contributed by atoms with Crippen molar-refractivity contribution in [3.05, 3.63) is 34.4 Å². The number of benzene rings is 1. The Bertz CT molecular complexity index is 509. The van der Waals surface area contributed by atoms with Crippen LogP contribution in [0.25, 0.3) is 0 Å². The second-order valence-corrected chi connectivity index (χ2v) is 5.19. The monoisotopic (exact) mass is 257 g/mol. The molecule has 1 aromatic rings. The first-order chi connectivity index (χ1) is 7.93. The average molecular weight is 257 g/mol. The lowest BCUT2D eigenvalue weighted by molar-refractivity contribution is -0.385. The Balaban J connectivity index is 3.24. The molecule has 7 heteroatoms. The molecule has 0 aliphatic heterocycles. The Morgan fingerprint density at radius 1 is 1.41 bits per heavy atom. The van der Waals surface area contributed by atoms with Crippen LogP contribution < -0.4 is 0 Å². The lowest BCUT2D eigenvalue weighted by atomic mass is 10.3. The Hall–Kier alpha value is -1.47. The molecule has 17 heavy (non-hydrogen) atoms. The standard InChI is InChI=1S/C10H13N2O4S/c1-3-11(4-2)17(15,16)10-7-5-6-9(8-10)12(13)14/h5,7-8H,3-4H2,1-2H3. The van der Waals surface area contributed by atoms with E-state index in [1.807, 2.05) is 0 Å². The van der Waals surface area contributed by atoms with Crippen LogP contribution in [0.1, 0.15) is 13.8 Å². The largest absolute Gasteiger partial charge is 0.278 e. The third-order valence-corrected chi connectivity index (χ3v) is 4.34. The van der Waals surface area contributed by atoms with Crippen LogP contribution in [0.5, 0.6) is 0 Å². The van der Waals surface area contributed by atoms with Crippen LogP contribution in [0.3, 0.4) is 0 Å². The molecule has 0 heterocycles. The van der Waals surface area contributed by atoms with Crippen LogP contribution in [-0.4, -0.2) is 30.7 Å². The zero-order valence-corrected chi connectivity index (χ0v) is 10.4. The van der Waals surface area contributed by atoms with E-state index in [0.717, 1.165) is 6.07 Å². The van der Waals surface area contributed by atoms with E-state index in [1.165, 1.54) is 16.4 Å². The number of hydrogen-bond acceptors (Lipinski definition) is 4. The predicted octanol–water partition coefficient (Wildman–Crippen LogP) is 1.43. The van der Waals surface area contributed by atoms with Gasteiger partial charge in [0.15, 0.2) is 0 Å². The van der Waals surface area contributed by atoms with Crippen LogP contribution in [0.2, 0.25) is 0 Å². The molecule has 0 saturated carbocycles. The minimum absolute atomic E-state index is 0.0772. The smallest absolute Gasteiger partial charge is 0.258 e. The van der Waals surface area contributed by atoms with Crippen molar-refractivity contribution in [2.75, 3.05) is 13.1 Å².